The molecule has 0 atom stereocenters. The molecule has 1 aromatic heterocycles. The van der Waals surface area contributed by atoms with Gasteiger partial charge in [0.15, 0.2) is 11.5 Å². The molecule has 1 heterocycles. The highest BCUT2D eigenvalue weighted by Crippen LogP contribution is 2.28. The number of hydrogen-bond acceptors (Lipinski definition) is 5. The van der Waals surface area contributed by atoms with Gasteiger partial charge >= 0.3 is 6.03 Å². The Kier molecular flexibility index (Phi) is 10.4. The van der Waals surface area contributed by atoms with Gasteiger partial charge in [0.25, 0.3) is 0 Å². The van der Waals surface area contributed by atoms with Crippen LogP contribution >= 0.6 is 27.3 Å². The van der Waals surface area contributed by atoms with Crippen LogP contribution in [0.4, 0.5) is 10.5 Å². The molecule has 190 valence electrons. The van der Waals surface area contributed by atoms with E-state index >= 15 is 0 Å². The molecule has 0 unspecified atom stereocenters. The van der Waals surface area contributed by atoms with Crippen LogP contribution in [0.5, 0.6) is 11.5 Å². The van der Waals surface area contributed by atoms with Crippen molar-refractivity contribution in [1.82, 2.24) is 9.80 Å². The third-order valence-electron chi connectivity index (χ3n) is 5.44. The van der Waals surface area contributed by atoms with Gasteiger partial charge in [0.05, 0.1) is 20.8 Å². The van der Waals surface area contributed by atoms with E-state index in [1.165, 1.54) is 4.90 Å². The molecular weight excluding hydrogens is 542 g/mol. The third-order valence-corrected chi connectivity index (χ3v) is 6.79. The second kappa shape index (κ2) is 13.7. The molecule has 2 aromatic carbocycles. The van der Waals surface area contributed by atoms with E-state index < -0.39 is 0 Å². The third kappa shape index (κ3) is 7.86. The summed E-state index contributed by atoms with van der Waals surface area (Å²) < 4.78 is 11.6. The molecule has 0 spiro atoms. The van der Waals surface area contributed by atoms with Crippen molar-refractivity contribution in [1.29, 1.82) is 0 Å². The topological polar surface area (TPSA) is 71.1 Å². The Morgan fingerprint density at radius 2 is 1.86 bits per heavy atom. The predicted octanol–water partition coefficient (Wildman–Crippen LogP) is 5.82. The second-order valence-corrected chi connectivity index (χ2v) is 9.89. The van der Waals surface area contributed by atoms with Gasteiger partial charge in [-0.3, -0.25) is 4.79 Å². The van der Waals surface area contributed by atoms with Gasteiger partial charge in [-0.1, -0.05) is 40.2 Å². The number of nitrogens with one attached hydrogen (secondary N) is 1. The number of anilines is 1. The Bertz CT molecular complexity index is 1170. The molecule has 7 nitrogen and oxygen atoms in total. The summed E-state index contributed by atoms with van der Waals surface area (Å²) in [7, 11) is 3.20. The second-order valence-electron chi connectivity index (χ2n) is 7.94. The van der Waals surface area contributed by atoms with Gasteiger partial charge < -0.3 is 24.6 Å². The highest BCUT2D eigenvalue weighted by Gasteiger charge is 2.21. The number of hydrogen-bond donors (Lipinski definition) is 1. The molecule has 0 aliphatic heterocycles. The molecule has 3 aromatic rings. The van der Waals surface area contributed by atoms with Gasteiger partial charge in [-0.25, -0.2) is 4.79 Å². The Labute approximate surface area is 224 Å². The number of amides is 3. The van der Waals surface area contributed by atoms with Gasteiger partial charge in [0, 0.05) is 28.1 Å². The van der Waals surface area contributed by atoms with Crippen molar-refractivity contribution in [3.63, 3.8) is 0 Å². The van der Waals surface area contributed by atoms with Crippen LogP contribution in [-0.4, -0.2) is 55.6 Å². The lowest BCUT2D eigenvalue weighted by atomic mass is 10.1. The number of urea groups is 1. The molecule has 0 fully saturated rings. The molecule has 0 saturated carbocycles. The van der Waals surface area contributed by atoms with E-state index in [1.807, 2.05) is 47.8 Å². The first kappa shape index (κ1) is 27.3. The van der Waals surface area contributed by atoms with Crippen molar-refractivity contribution in [3.8, 4) is 11.5 Å². The summed E-state index contributed by atoms with van der Waals surface area (Å²) >= 11 is 5.00. The van der Waals surface area contributed by atoms with Gasteiger partial charge in [-0.15, -0.1) is 17.9 Å². The van der Waals surface area contributed by atoms with E-state index in [0.717, 1.165) is 14.9 Å². The summed E-state index contributed by atoms with van der Waals surface area (Å²) in [4.78, 5) is 30.7. The van der Waals surface area contributed by atoms with Crippen molar-refractivity contribution < 1.29 is 19.1 Å². The minimum Gasteiger partial charge on any atom is -0.493 e. The highest BCUT2D eigenvalue weighted by atomic mass is 79.9. The summed E-state index contributed by atoms with van der Waals surface area (Å²) in [5.41, 5.74) is 1.66. The quantitative estimate of drug-likeness (QED) is 0.278. The molecular formula is C27H30BrN3O4S. The Balaban J connectivity index is 1.72. The average molecular weight is 573 g/mol. The number of rotatable bonds is 12. The minimum atomic E-state index is -0.364. The zero-order chi connectivity index (χ0) is 25.9. The number of benzene rings is 2. The Hall–Kier alpha value is -3.30. The molecule has 0 saturated heterocycles. The van der Waals surface area contributed by atoms with Crippen molar-refractivity contribution in [2.45, 2.75) is 13.0 Å². The molecule has 0 bridgehead atoms. The molecule has 1 N–H and O–H groups in total. The largest absolute Gasteiger partial charge is 0.493 e. The zero-order valence-electron chi connectivity index (χ0n) is 20.4. The maximum atomic E-state index is 13.4. The van der Waals surface area contributed by atoms with E-state index in [9.17, 15) is 9.59 Å². The van der Waals surface area contributed by atoms with Crippen LogP contribution in [0.15, 0.2) is 77.1 Å². The van der Waals surface area contributed by atoms with Gasteiger partial charge in [0.1, 0.15) is 6.54 Å². The first-order valence-corrected chi connectivity index (χ1v) is 13.0. The SMILES string of the molecule is C=CCN(CC(=O)N(CCc1ccc(OC)c(OC)c1)Cc1cccs1)C(=O)Nc1cccc(Br)c1. The van der Waals surface area contributed by atoms with Gasteiger partial charge in [-0.2, -0.15) is 0 Å². The summed E-state index contributed by atoms with van der Waals surface area (Å²) in [6, 6.07) is 16.7. The normalized spacial score (nSPS) is 10.4. The van der Waals surface area contributed by atoms with Gasteiger partial charge in [0.2, 0.25) is 5.91 Å². The average Bonchev–Trinajstić information content (AvgIpc) is 3.39. The Morgan fingerprint density at radius 3 is 2.53 bits per heavy atom. The zero-order valence-corrected chi connectivity index (χ0v) is 22.8. The van der Waals surface area contributed by atoms with Crippen LogP contribution in [0, 0.1) is 0 Å². The van der Waals surface area contributed by atoms with Crippen LogP contribution in [0.2, 0.25) is 0 Å². The molecule has 0 radical (unpaired) electrons. The maximum absolute atomic E-state index is 13.4. The lowest BCUT2D eigenvalue weighted by Gasteiger charge is -2.27. The molecule has 0 aliphatic carbocycles. The fourth-order valence-corrected chi connectivity index (χ4v) is 4.71. The van der Waals surface area contributed by atoms with Crippen LogP contribution in [0.3, 0.4) is 0 Å². The van der Waals surface area contributed by atoms with Crippen LogP contribution in [-0.2, 0) is 17.8 Å². The molecule has 0 aliphatic rings. The fourth-order valence-electron chi connectivity index (χ4n) is 3.59. The number of ether oxygens (including phenoxy) is 2. The van der Waals surface area contributed by atoms with E-state index in [-0.39, 0.29) is 25.0 Å². The first-order chi connectivity index (χ1) is 17.4. The number of nitrogens with zero attached hydrogens (tertiary/aromatic N) is 2. The fraction of sp³-hybridized carbons (Fsp3) is 0.259. The van der Waals surface area contributed by atoms with E-state index in [2.05, 4.69) is 27.8 Å². The van der Waals surface area contributed by atoms with Crippen molar-refractivity contribution in [2.75, 3.05) is 39.2 Å². The number of thiophene rings is 1. The minimum absolute atomic E-state index is 0.0663. The first-order valence-electron chi connectivity index (χ1n) is 11.4. The van der Waals surface area contributed by atoms with Crippen molar-refractivity contribution in [2.24, 2.45) is 0 Å². The number of carbonyl (C=O) groups is 2. The predicted molar refractivity (Wildman–Crippen MR) is 148 cm³/mol. The standard InChI is InChI=1S/C27H30BrN3O4S/c1-4-13-31(27(33)29-22-8-5-7-21(28)17-22)19-26(32)30(18-23-9-6-15-36-23)14-12-20-10-11-24(34-2)25(16-20)35-3/h4-11,15-17H,1,12-14,18-19H2,2-3H3,(H,29,33). The molecule has 36 heavy (non-hydrogen) atoms. The smallest absolute Gasteiger partial charge is 0.322 e. The monoisotopic (exact) mass is 571 g/mol. The number of halogens is 1. The number of carbonyl (C=O) groups excluding carboxylic acids is 2. The van der Waals surface area contributed by atoms with E-state index in [1.54, 1.807) is 48.7 Å². The van der Waals surface area contributed by atoms with Crippen LogP contribution in [0.25, 0.3) is 0 Å². The van der Waals surface area contributed by atoms with Crippen LogP contribution in [0.1, 0.15) is 10.4 Å². The summed E-state index contributed by atoms with van der Waals surface area (Å²) in [6.07, 6.45) is 2.24. The maximum Gasteiger partial charge on any atom is 0.322 e. The molecule has 3 amide bonds. The lowest BCUT2D eigenvalue weighted by molar-refractivity contribution is -0.132. The van der Waals surface area contributed by atoms with Gasteiger partial charge in [-0.05, 0) is 53.8 Å². The molecule has 9 heteroatoms. The number of methoxy groups -OCH3 is 2. The molecule has 3 rings (SSSR count). The summed E-state index contributed by atoms with van der Waals surface area (Å²) in [6.45, 7) is 4.89. The van der Waals surface area contributed by atoms with E-state index in [0.29, 0.717) is 36.7 Å². The summed E-state index contributed by atoms with van der Waals surface area (Å²) in [5, 5.41) is 4.84. The van der Waals surface area contributed by atoms with Crippen molar-refractivity contribution in [3.05, 3.63) is 87.5 Å². The lowest BCUT2D eigenvalue weighted by Crippen LogP contribution is -2.44. The Morgan fingerprint density at radius 1 is 1.06 bits per heavy atom. The van der Waals surface area contributed by atoms with Crippen LogP contribution < -0.4 is 14.8 Å². The van der Waals surface area contributed by atoms with Crippen molar-refractivity contribution >= 4 is 44.9 Å². The van der Waals surface area contributed by atoms with E-state index in [4.69, 9.17) is 9.47 Å². The summed E-state index contributed by atoms with van der Waals surface area (Å²) in [5.74, 6) is 1.16. The highest BCUT2D eigenvalue weighted by molar-refractivity contribution is 9.10.